The Hall–Kier alpha value is -1.64. The number of benzene rings is 1. The summed E-state index contributed by atoms with van der Waals surface area (Å²) >= 11 is 0. The minimum absolute atomic E-state index is 0.145. The van der Waals surface area contributed by atoms with Crippen LogP contribution in [0.1, 0.15) is 55.1 Å². The molecule has 0 fully saturated rings. The molecule has 1 aromatic rings. The highest BCUT2D eigenvalue weighted by Crippen LogP contribution is 2.16. The molecule has 3 heteroatoms. The van der Waals surface area contributed by atoms with E-state index >= 15 is 0 Å². The second-order valence-corrected chi connectivity index (χ2v) is 4.52. The summed E-state index contributed by atoms with van der Waals surface area (Å²) in [6.45, 7) is 6.36. The molecule has 0 N–H and O–H groups in total. The number of aryl methyl sites for hydroxylation is 2. The Morgan fingerprint density at radius 2 is 1.84 bits per heavy atom. The quantitative estimate of drug-likeness (QED) is 0.430. The molecule has 0 atom stereocenters. The highest BCUT2D eigenvalue weighted by molar-refractivity contribution is 6.06. The van der Waals surface area contributed by atoms with E-state index in [9.17, 15) is 9.59 Å². The lowest BCUT2D eigenvalue weighted by atomic mass is 9.96. The first-order valence-corrected chi connectivity index (χ1v) is 6.92. The average Bonchev–Trinajstić information content (AvgIpc) is 2.44. The van der Waals surface area contributed by atoms with Crippen molar-refractivity contribution in [2.45, 2.75) is 46.5 Å². The van der Waals surface area contributed by atoms with Crippen LogP contribution in [0.4, 0.5) is 0 Å². The zero-order valence-electron chi connectivity index (χ0n) is 12.0. The molecule has 19 heavy (non-hydrogen) atoms. The van der Waals surface area contributed by atoms with Crippen molar-refractivity contribution in [1.82, 2.24) is 0 Å². The minimum Gasteiger partial charge on any atom is -0.465 e. The summed E-state index contributed by atoms with van der Waals surface area (Å²) in [5, 5.41) is 0. The standard InChI is InChI=1S/C16H22O3/c1-4-9-19-16(18)11-15(17)14-10-12(5-2)7-8-13(14)6-3/h7-8,10H,4-6,9,11H2,1-3H3. The third-order valence-corrected chi connectivity index (χ3v) is 3.04. The van der Waals surface area contributed by atoms with Gasteiger partial charge in [-0.2, -0.15) is 0 Å². The highest BCUT2D eigenvalue weighted by atomic mass is 16.5. The summed E-state index contributed by atoms with van der Waals surface area (Å²) < 4.78 is 4.95. The fourth-order valence-corrected chi connectivity index (χ4v) is 1.90. The van der Waals surface area contributed by atoms with Crippen molar-refractivity contribution < 1.29 is 14.3 Å². The van der Waals surface area contributed by atoms with Gasteiger partial charge in [0.1, 0.15) is 6.42 Å². The summed E-state index contributed by atoms with van der Waals surface area (Å²) in [4.78, 5) is 23.7. The number of hydrogen-bond acceptors (Lipinski definition) is 3. The van der Waals surface area contributed by atoms with Crippen LogP contribution in [0.15, 0.2) is 18.2 Å². The second kappa shape index (κ2) is 7.72. The average molecular weight is 262 g/mol. The zero-order chi connectivity index (χ0) is 14.3. The second-order valence-electron chi connectivity index (χ2n) is 4.52. The lowest BCUT2D eigenvalue weighted by molar-refractivity contribution is -0.142. The van der Waals surface area contributed by atoms with Crippen LogP contribution in [0.25, 0.3) is 0 Å². The Morgan fingerprint density at radius 1 is 1.11 bits per heavy atom. The largest absolute Gasteiger partial charge is 0.465 e. The number of ketones is 1. The Kier molecular flexibility index (Phi) is 6.26. The fraction of sp³-hybridized carbons (Fsp3) is 0.500. The Morgan fingerprint density at radius 3 is 2.42 bits per heavy atom. The molecule has 0 saturated carbocycles. The smallest absolute Gasteiger partial charge is 0.313 e. The number of ether oxygens (including phenoxy) is 1. The van der Waals surface area contributed by atoms with E-state index in [1.807, 2.05) is 39.0 Å². The summed E-state index contributed by atoms with van der Waals surface area (Å²) in [6.07, 6.45) is 2.27. The molecule has 1 rings (SSSR count). The molecule has 0 heterocycles. The van der Waals surface area contributed by atoms with Crippen LogP contribution in [0.3, 0.4) is 0 Å². The number of Topliss-reactive ketones (excluding diaryl/α,β-unsaturated/α-hetero) is 1. The van der Waals surface area contributed by atoms with Crippen LogP contribution >= 0.6 is 0 Å². The monoisotopic (exact) mass is 262 g/mol. The molecule has 0 aliphatic rings. The van der Waals surface area contributed by atoms with Gasteiger partial charge in [0.05, 0.1) is 6.61 Å². The lowest BCUT2D eigenvalue weighted by Gasteiger charge is -2.09. The maximum atomic E-state index is 12.2. The van der Waals surface area contributed by atoms with Crippen molar-refractivity contribution in [2.24, 2.45) is 0 Å². The predicted molar refractivity (Wildman–Crippen MR) is 75.4 cm³/mol. The Labute approximate surface area is 115 Å². The van der Waals surface area contributed by atoms with Crippen molar-refractivity contribution in [3.63, 3.8) is 0 Å². The number of carbonyl (C=O) groups excluding carboxylic acids is 2. The third-order valence-electron chi connectivity index (χ3n) is 3.04. The molecule has 0 radical (unpaired) electrons. The first-order valence-electron chi connectivity index (χ1n) is 6.92. The van der Waals surface area contributed by atoms with E-state index in [0.29, 0.717) is 12.2 Å². The van der Waals surface area contributed by atoms with Gasteiger partial charge >= 0.3 is 5.97 Å². The van der Waals surface area contributed by atoms with E-state index in [2.05, 4.69) is 0 Å². The van der Waals surface area contributed by atoms with Gasteiger partial charge in [-0.3, -0.25) is 9.59 Å². The van der Waals surface area contributed by atoms with Crippen molar-refractivity contribution in [1.29, 1.82) is 0 Å². The molecule has 0 amide bonds. The van der Waals surface area contributed by atoms with Gasteiger partial charge in [-0.15, -0.1) is 0 Å². The molecular weight excluding hydrogens is 240 g/mol. The molecule has 0 aliphatic carbocycles. The van der Waals surface area contributed by atoms with Gasteiger partial charge in [0.15, 0.2) is 5.78 Å². The molecule has 3 nitrogen and oxygen atoms in total. The molecule has 1 aromatic carbocycles. The lowest BCUT2D eigenvalue weighted by Crippen LogP contribution is -2.13. The molecule has 0 aliphatic heterocycles. The molecule has 0 saturated heterocycles. The highest BCUT2D eigenvalue weighted by Gasteiger charge is 2.16. The molecular formula is C16H22O3. The van der Waals surface area contributed by atoms with E-state index < -0.39 is 5.97 Å². The zero-order valence-corrected chi connectivity index (χ0v) is 12.0. The molecule has 104 valence electrons. The van der Waals surface area contributed by atoms with Crippen LogP contribution in [0.5, 0.6) is 0 Å². The molecule has 0 bridgehead atoms. The summed E-state index contributed by atoms with van der Waals surface area (Å²) in [6, 6.07) is 5.91. The van der Waals surface area contributed by atoms with E-state index in [1.165, 1.54) is 0 Å². The number of hydrogen-bond donors (Lipinski definition) is 0. The van der Waals surface area contributed by atoms with Crippen molar-refractivity contribution in [3.8, 4) is 0 Å². The van der Waals surface area contributed by atoms with Gasteiger partial charge in [0, 0.05) is 5.56 Å². The summed E-state index contributed by atoms with van der Waals surface area (Å²) in [5.41, 5.74) is 2.77. The maximum Gasteiger partial charge on any atom is 0.313 e. The maximum absolute atomic E-state index is 12.2. The van der Waals surface area contributed by atoms with Crippen LogP contribution in [0.2, 0.25) is 0 Å². The number of carbonyl (C=O) groups is 2. The van der Waals surface area contributed by atoms with Gasteiger partial charge in [-0.1, -0.05) is 32.9 Å². The van der Waals surface area contributed by atoms with Gasteiger partial charge in [0.2, 0.25) is 0 Å². The number of rotatable bonds is 7. The summed E-state index contributed by atoms with van der Waals surface area (Å²) in [7, 11) is 0. The van der Waals surface area contributed by atoms with Gasteiger partial charge in [-0.05, 0) is 36.5 Å². The minimum atomic E-state index is -0.434. The van der Waals surface area contributed by atoms with Gasteiger partial charge in [0.25, 0.3) is 0 Å². The van der Waals surface area contributed by atoms with Gasteiger partial charge < -0.3 is 4.74 Å². The molecule has 0 spiro atoms. The Balaban J connectivity index is 2.82. The Bertz CT molecular complexity index is 449. The van der Waals surface area contributed by atoms with E-state index in [-0.39, 0.29) is 12.2 Å². The summed E-state index contributed by atoms with van der Waals surface area (Å²) in [5.74, 6) is -0.580. The molecule has 0 aromatic heterocycles. The number of esters is 1. The third kappa shape index (κ3) is 4.51. The van der Waals surface area contributed by atoms with E-state index in [4.69, 9.17) is 4.74 Å². The van der Waals surface area contributed by atoms with E-state index in [0.717, 1.165) is 30.4 Å². The normalized spacial score (nSPS) is 10.3. The SMILES string of the molecule is CCCOC(=O)CC(=O)c1cc(CC)ccc1CC. The fourth-order valence-electron chi connectivity index (χ4n) is 1.90. The van der Waals surface area contributed by atoms with Crippen LogP contribution < -0.4 is 0 Å². The van der Waals surface area contributed by atoms with Crippen LogP contribution in [0, 0.1) is 0 Å². The van der Waals surface area contributed by atoms with Crippen molar-refractivity contribution in [3.05, 3.63) is 34.9 Å². The predicted octanol–water partition coefficient (Wildman–Crippen LogP) is 3.34. The van der Waals surface area contributed by atoms with Crippen LogP contribution in [-0.2, 0) is 22.4 Å². The van der Waals surface area contributed by atoms with Crippen molar-refractivity contribution >= 4 is 11.8 Å². The first kappa shape index (κ1) is 15.4. The molecule has 0 unspecified atom stereocenters. The van der Waals surface area contributed by atoms with E-state index in [1.54, 1.807) is 0 Å². The van der Waals surface area contributed by atoms with Crippen LogP contribution in [-0.4, -0.2) is 18.4 Å². The topological polar surface area (TPSA) is 43.4 Å². The van der Waals surface area contributed by atoms with Crippen molar-refractivity contribution in [2.75, 3.05) is 6.61 Å². The van der Waals surface area contributed by atoms with Gasteiger partial charge in [-0.25, -0.2) is 0 Å². The first-order chi connectivity index (χ1) is 9.12.